The van der Waals surface area contributed by atoms with E-state index >= 15 is 0 Å². The molecule has 0 spiro atoms. The third-order valence-corrected chi connectivity index (χ3v) is 4.83. The smallest absolute Gasteiger partial charge is 0.426 e. The summed E-state index contributed by atoms with van der Waals surface area (Å²) in [6.45, 7) is -0.153. The van der Waals surface area contributed by atoms with Gasteiger partial charge in [0.25, 0.3) is 5.82 Å². The van der Waals surface area contributed by atoms with Crippen molar-refractivity contribution in [1.82, 2.24) is 0 Å². The Hall–Kier alpha value is -2.06. The Balaban J connectivity index is 2.02. The van der Waals surface area contributed by atoms with Gasteiger partial charge in [0, 0.05) is 5.56 Å². The maximum absolute atomic E-state index is 14.4. The molecular weight excluding hydrogens is 376 g/mol. The molecule has 138 valence electrons. The van der Waals surface area contributed by atoms with E-state index in [4.69, 9.17) is 16.3 Å². The van der Waals surface area contributed by atoms with Crippen LogP contribution in [0.2, 0.25) is 5.02 Å². The Morgan fingerprint density at radius 2 is 2.00 bits per heavy atom. The van der Waals surface area contributed by atoms with E-state index in [1.54, 1.807) is 0 Å². The minimum atomic E-state index is -4.95. The molecule has 9 heteroatoms. The Kier molecular flexibility index (Phi) is 3.82. The summed E-state index contributed by atoms with van der Waals surface area (Å²) in [6, 6.07) is 3.99. The zero-order valence-electron chi connectivity index (χ0n) is 13.2. The molecule has 0 amide bonds. The fourth-order valence-corrected chi connectivity index (χ4v) is 3.39. The first-order valence-electron chi connectivity index (χ1n) is 7.93. The second-order valence-electron chi connectivity index (χ2n) is 6.49. The summed E-state index contributed by atoms with van der Waals surface area (Å²) in [5.41, 5.74) is -3.93. The zero-order valence-corrected chi connectivity index (χ0v) is 14.0. The Labute approximate surface area is 150 Å². The first-order chi connectivity index (χ1) is 12.2. The lowest BCUT2D eigenvalue weighted by atomic mass is 9.81. The molecule has 1 aromatic heterocycles. The SMILES string of the molecule is [O-][n+]1cc(Cl)cc2c1Nc1ccc(F)cc1C2(OCC1CC1)C(F)(F)F. The van der Waals surface area contributed by atoms with Crippen molar-refractivity contribution in [3.8, 4) is 0 Å². The number of halogens is 5. The fourth-order valence-electron chi connectivity index (χ4n) is 3.19. The summed E-state index contributed by atoms with van der Waals surface area (Å²) >= 11 is 5.85. The molecular formula is C17H13ClF4N2O2. The van der Waals surface area contributed by atoms with Gasteiger partial charge in [-0.05, 0) is 43.0 Å². The van der Waals surface area contributed by atoms with Gasteiger partial charge in [0.1, 0.15) is 17.7 Å². The van der Waals surface area contributed by atoms with Crippen molar-refractivity contribution in [3.63, 3.8) is 0 Å². The molecule has 1 atom stereocenters. The monoisotopic (exact) mass is 388 g/mol. The molecule has 1 aromatic carbocycles. The number of hydrogen-bond acceptors (Lipinski definition) is 3. The predicted octanol–water partition coefficient (Wildman–Crippen LogP) is 4.40. The third kappa shape index (κ3) is 2.59. The summed E-state index contributed by atoms with van der Waals surface area (Å²) < 4.78 is 62.7. The predicted molar refractivity (Wildman–Crippen MR) is 85.6 cm³/mol. The van der Waals surface area contributed by atoms with Crippen LogP contribution in [0, 0.1) is 16.9 Å². The lowest BCUT2D eigenvalue weighted by Gasteiger charge is -2.39. The van der Waals surface area contributed by atoms with Gasteiger partial charge in [-0.1, -0.05) is 11.6 Å². The van der Waals surface area contributed by atoms with Gasteiger partial charge < -0.3 is 9.94 Å². The van der Waals surface area contributed by atoms with Crippen molar-refractivity contribution in [1.29, 1.82) is 0 Å². The molecule has 26 heavy (non-hydrogen) atoms. The van der Waals surface area contributed by atoms with Gasteiger partial charge >= 0.3 is 6.18 Å². The highest BCUT2D eigenvalue weighted by Gasteiger charge is 2.64. The van der Waals surface area contributed by atoms with Crippen LogP contribution in [-0.2, 0) is 10.3 Å². The van der Waals surface area contributed by atoms with Crippen molar-refractivity contribution in [2.45, 2.75) is 24.6 Å². The van der Waals surface area contributed by atoms with Gasteiger partial charge in [-0.15, -0.1) is 0 Å². The number of alkyl halides is 3. The summed E-state index contributed by atoms with van der Waals surface area (Å²) in [5, 5.41) is 14.7. The van der Waals surface area contributed by atoms with Crippen LogP contribution in [0.4, 0.5) is 29.1 Å². The van der Waals surface area contributed by atoms with E-state index in [9.17, 15) is 22.8 Å². The standard InChI is InChI=1S/C17H13ClF4N2O2/c18-10-5-13-15(24(25)7-10)23-14-4-3-11(19)6-12(14)16(13,17(20,21)22)26-8-9-1-2-9/h3-7,9,23H,1-2,8H2. The molecule has 1 fully saturated rings. The van der Waals surface area contributed by atoms with E-state index in [-0.39, 0.29) is 33.8 Å². The Bertz CT molecular complexity index is 886. The number of anilines is 2. The van der Waals surface area contributed by atoms with E-state index in [0.717, 1.165) is 43.3 Å². The number of nitrogens with zero attached hydrogens (tertiary/aromatic N) is 1. The van der Waals surface area contributed by atoms with Crippen LogP contribution in [0.25, 0.3) is 0 Å². The highest BCUT2D eigenvalue weighted by Crippen LogP contribution is 2.55. The molecule has 1 aliphatic carbocycles. The fraction of sp³-hybridized carbons (Fsp3) is 0.353. The van der Waals surface area contributed by atoms with Gasteiger partial charge in [-0.3, -0.25) is 0 Å². The molecule has 1 N–H and O–H groups in total. The zero-order chi connectivity index (χ0) is 18.7. The maximum Gasteiger partial charge on any atom is 0.426 e. The molecule has 4 rings (SSSR count). The quantitative estimate of drug-likeness (QED) is 0.481. The van der Waals surface area contributed by atoms with E-state index in [1.165, 1.54) is 0 Å². The number of fused-ring (bicyclic) bond motifs is 2. The van der Waals surface area contributed by atoms with Crippen molar-refractivity contribution in [2.75, 3.05) is 11.9 Å². The van der Waals surface area contributed by atoms with Crippen molar-refractivity contribution >= 4 is 23.1 Å². The molecule has 0 bridgehead atoms. The van der Waals surface area contributed by atoms with E-state index < -0.39 is 28.7 Å². The molecule has 2 aromatic rings. The summed E-state index contributed by atoms with van der Waals surface area (Å²) in [6.07, 6.45) is -2.46. The van der Waals surface area contributed by atoms with Crippen LogP contribution < -0.4 is 10.0 Å². The Morgan fingerprint density at radius 3 is 2.65 bits per heavy atom. The minimum absolute atomic E-state index is 0.0168. The average Bonchev–Trinajstić information content (AvgIpc) is 3.35. The van der Waals surface area contributed by atoms with E-state index in [2.05, 4.69) is 5.32 Å². The summed E-state index contributed by atoms with van der Waals surface area (Å²) in [4.78, 5) is 0. The lowest BCUT2D eigenvalue weighted by molar-refractivity contribution is -0.591. The molecule has 1 saturated carbocycles. The second-order valence-corrected chi connectivity index (χ2v) is 6.93. The molecule has 1 aliphatic heterocycles. The van der Waals surface area contributed by atoms with Gasteiger partial charge in [0.15, 0.2) is 0 Å². The number of hydrogen-bond donors (Lipinski definition) is 1. The van der Waals surface area contributed by atoms with Crippen LogP contribution in [0.1, 0.15) is 24.0 Å². The number of aromatic nitrogens is 1. The number of pyridine rings is 1. The van der Waals surface area contributed by atoms with Gasteiger partial charge in [0.2, 0.25) is 5.60 Å². The van der Waals surface area contributed by atoms with Gasteiger partial charge in [0.05, 0.1) is 17.2 Å². The lowest BCUT2D eigenvalue weighted by Crippen LogP contribution is -2.51. The highest BCUT2D eigenvalue weighted by atomic mass is 35.5. The number of rotatable bonds is 3. The largest absolute Gasteiger partial charge is 0.711 e. The maximum atomic E-state index is 14.4. The second kappa shape index (κ2) is 5.72. The molecule has 0 radical (unpaired) electrons. The van der Waals surface area contributed by atoms with E-state index in [0.29, 0.717) is 0 Å². The van der Waals surface area contributed by atoms with Crippen LogP contribution in [0.15, 0.2) is 30.5 Å². The minimum Gasteiger partial charge on any atom is -0.711 e. The molecule has 2 aliphatic rings. The molecule has 2 heterocycles. The third-order valence-electron chi connectivity index (χ3n) is 4.62. The molecule has 1 unspecified atom stereocenters. The number of ether oxygens (including phenoxy) is 1. The van der Waals surface area contributed by atoms with Crippen LogP contribution >= 0.6 is 11.6 Å². The van der Waals surface area contributed by atoms with Crippen molar-refractivity contribution < 1.29 is 27.0 Å². The highest BCUT2D eigenvalue weighted by molar-refractivity contribution is 6.30. The average molecular weight is 389 g/mol. The first-order valence-corrected chi connectivity index (χ1v) is 8.31. The van der Waals surface area contributed by atoms with Crippen LogP contribution in [0.3, 0.4) is 0 Å². The van der Waals surface area contributed by atoms with Crippen molar-refractivity contribution in [2.24, 2.45) is 5.92 Å². The summed E-state index contributed by atoms with van der Waals surface area (Å²) in [7, 11) is 0. The Morgan fingerprint density at radius 1 is 1.27 bits per heavy atom. The number of benzene rings is 1. The van der Waals surface area contributed by atoms with Gasteiger partial charge in [-0.25, -0.2) is 14.4 Å². The van der Waals surface area contributed by atoms with Crippen LogP contribution in [0.5, 0.6) is 0 Å². The van der Waals surface area contributed by atoms with Crippen LogP contribution in [-0.4, -0.2) is 12.8 Å². The number of nitrogens with one attached hydrogen (secondary N) is 1. The van der Waals surface area contributed by atoms with E-state index in [1.807, 2.05) is 0 Å². The summed E-state index contributed by atoms with van der Waals surface area (Å²) in [5.74, 6) is -1.17. The topological polar surface area (TPSA) is 48.2 Å². The first kappa shape index (κ1) is 17.4. The van der Waals surface area contributed by atoms with Gasteiger partial charge in [-0.2, -0.15) is 13.2 Å². The normalized spacial score (nSPS) is 21.7. The molecule has 4 nitrogen and oxygen atoms in total. The van der Waals surface area contributed by atoms with Crippen molar-refractivity contribution in [3.05, 3.63) is 57.6 Å². The molecule has 0 saturated heterocycles.